The molecule has 0 aromatic heterocycles. The second kappa shape index (κ2) is 10.8. The minimum Gasteiger partial charge on any atom is -0.308 e. The Balaban J connectivity index is 2.14. The van der Waals surface area contributed by atoms with Crippen LogP contribution < -0.4 is 0 Å². The lowest BCUT2D eigenvalue weighted by molar-refractivity contribution is 0.178. The molecule has 10 heteroatoms. The summed E-state index contributed by atoms with van der Waals surface area (Å²) in [5.74, 6) is 0. The SMILES string of the molecule is CCOP(=O)(CN1CN(CP(=O)(OCC)OCC)[C@@H]2CCCC[C@H]21)OCC. The van der Waals surface area contributed by atoms with E-state index in [0.29, 0.717) is 33.1 Å². The first-order valence-corrected chi connectivity index (χ1v) is 13.6. The Morgan fingerprint density at radius 2 is 1.04 bits per heavy atom. The highest BCUT2D eigenvalue weighted by Gasteiger charge is 2.46. The average molecular weight is 426 g/mol. The number of nitrogens with zero attached hydrogens (tertiary/aromatic N) is 2. The first-order valence-electron chi connectivity index (χ1n) is 10.1. The lowest BCUT2D eigenvalue weighted by Gasteiger charge is -2.34. The summed E-state index contributed by atoms with van der Waals surface area (Å²) < 4.78 is 48.0. The van der Waals surface area contributed by atoms with E-state index in [-0.39, 0.29) is 24.7 Å². The summed E-state index contributed by atoms with van der Waals surface area (Å²) >= 11 is 0. The highest BCUT2D eigenvalue weighted by atomic mass is 31.2. The van der Waals surface area contributed by atoms with E-state index in [1.165, 1.54) is 0 Å². The molecule has 0 aromatic rings. The van der Waals surface area contributed by atoms with Gasteiger partial charge < -0.3 is 18.1 Å². The summed E-state index contributed by atoms with van der Waals surface area (Å²) in [4.78, 5) is 4.36. The van der Waals surface area contributed by atoms with Crippen LogP contribution in [0, 0.1) is 0 Å². The predicted octanol–water partition coefficient (Wildman–Crippen LogP) is 4.32. The van der Waals surface area contributed by atoms with Gasteiger partial charge in [0.2, 0.25) is 0 Å². The Kier molecular flexibility index (Phi) is 9.44. The standard InChI is InChI=1S/C17H36N2O6P2/c1-5-22-26(20,23-6-2)14-18-13-19(17-12-10-9-11-16(17)18)15-27(21,24-7-3)25-8-4/h16-17H,5-15H2,1-4H3/t16-,17-/m1/s1. The normalized spacial score (nSPS) is 25.0. The summed E-state index contributed by atoms with van der Waals surface area (Å²) in [6.07, 6.45) is 4.89. The zero-order valence-electron chi connectivity index (χ0n) is 17.2. The van der Waals surface area contributed by atoms with E-state index in [0.717, 1.165) is 25.7 Å². The maximum Gasteiger partial charge on any atom is 0.344 e. The Bertz CT molecular complexity index is 484. The molecule has 0 spiro atoms. The fraction of sp³-hybridized carbons (Fsp3) is 1.00. The van der Waals surface area contributed by atoms with Crippen molar-refractivity contribution in [1.29, 1.82) is 0 Å². The van der Waals surface area contributed by atoms with E-state index >= 15 is 0 Å². The van der Waals surface area contributed by atoms with Crippen LogP contribution in [0.2, 0.25) is 0 Å². The summed E-state index contributed by atoms with van der Waals surface area (Å²) in [6, 6.07) is 0.536. The molecule has 0 N–H and O–H groups in total. The minimum absolute atomic E-state index is 0.264. The van der Waals surface area contributed by atoms with E-state index in [4.69, 9.17) is 18.1 Å². The topological polar surface area (TPSA) is 77.5 Å². The molecule has 160 valence electrons. The van der Waals surface area contributed by atoms with Crippen LogP contribution in [0.4, 0.5) is 0 Å². The molecular weight excluding hydrogens is 390 g/mol. The highest BCUT2D eigenvalue weighted by Crippen LogP contribution is 2.53. The zero-order valence-corrected chi connectivity index (χ0v) is 19.0. The van der Waals surface area contributed by atoms with Crippen LogP contribution >= 0.6 is 15.2 Å². The number of fused-ring (bicyclic) bond motifs is 1. The van der Waals surface area contributed by atoms with Crippen molar-refractivity contribution in [3.05, 3.63) is 0 Å². The lowest BCUT2D eigenvalue weighted by atomic mass is 9.91. The van der Waals surface area contributed by atoms with Crippen molar-refractivity contribution in [3.8, 4) is 0 Å². The molecule has 1 saturated heterocycles. The molecule has 8 nitrogen and oxygen atoms in total. The van der Waals surface area contributed by atoms with Gasteiger partial charge in [-0.1, -0.05) is 12.8 Å². The second-order valence-electron chi connectivity index (χ2n) is 6.91. The van der Waals surface area contributed by atoms with Crippen molar-refractivity contribution in [1.82, 2.24) is 9.80 Å². The second-order valence-corrected chi connectivity index (χ2v) is 11.0. The fourth-order valence-corrected chi connectivity index (χ4v) is 7.69. The largest absolute Gasteiger partial charge is 0.344 e. The minimum atomic E-state index is -3.17. The summed E-state index contributed by atoms with van der Waals surface area (Å²) in [6.45, 7) is 9.29. The van der Waals surface area contributed by atoms with Gasteiger partial charge >= 0.3 is 15.2 Å². The summed E-state index contributed by atoms with van der Waals surface area (Å²) in [7, 11) is -6.33. The van der Waals surface area contributed by atoms with Crippen LogP contribution in [0.5, 0.6) is 0 Å². The molecule has 27 heavy (non-hydrogen) atoms. The van der Waals surface area contributed by atoms with Gasteiger partial charge in [-0.25, -0.2) is 0 Å². The van der Waals surface area contributed by atoms with E-state index in [1.54, 1.807) is 0 Å². The molecule has 2 rings (SSSR count). The fourth-order valence-electron chi connectivity index (χ4n) is 4.16. The van der Waals surface area contributed by atoms with E-state index in [1.807, 2.05) is 27.7 Å². The molecule has 0 unspecified atom stereocenters. The highest BCUT2D eigenvalue weighted by molar-refractivity contribution is 7.54. The Morgan fingerprint density at radius 3 is 1.33 bits per heavy atom. The third-order valence-corrected chi connectivity index (χ3v) is 9.03. The van der Waals surface area contributed by atoms with Crippen LogP contribution in [0.25, 0.3) is 0 Å². The zero-order chi connectivity index (χ0) is 19.9. The van der Waals surface area contributed by atoms with Gasteiger partial charge in [0.05, 0.1) is 33.1 Å². The number of hydrogen-bond acceptors (Lipinski definition) is 8. The predicted molar refractivity (Wildman–Crippen MR) is 106 cm³/mol. The molecule has 1 saturated carbocycles. The van der Waals surface area contributed by atoms with E-state index < -0.39 is 15.2 Å². The van der Waals surface area contributed by atoms with Crippen LogP contribution in [-0.4, -0.2) is 67.6 Å². The molecule has 1 aliphatic heterocycles. The van der Waals surface area contributed by atoms with Gasteiger partial charge in [-0.3, -0.25) is 18.9 Å². The quantitative estimate of drug-likeness (QED) is 0.427. The molecule has 1 aliphatic carbocycles. The smallest absolute Gasteiger partial charge is 0.308 e. The lowest BCUT2D eigenvalue weighted by Crippen LogP contribution is -2.40. The molecule has 0 bridgehead atoms. The van der Waals surface area contributed by atoms with Gasteiger partial charge in [-0.15, -0.1) is 0 Å². The third kappa shape index (κ3) is 6.35. The Morgan fingerprint density at radius 1 is 0.704 bits per heavy atom. The number of rotatable bonds is 12. The number of hydrogen-bond donors (Lipinski definition) is 0. The van der Waals surface area contributed by atoms with Crippen LogP contribution in [-0.2, 0) is 27.2 Å². The Labute approximate surface area is 163 Å². The third-order valence-electron chi connectivity index (χ3n) is 5.01. The molecule has 2 aliphatic rings. The molecule has 2 atom stereocenters. The van der Waals surface area contributed by atoms with E-state index in [9.17, 15) is 9.13 Å². The van der Waals surface area contributed by atoms with Gasteiger partial charge in [-0.2, -0.15) is 0 Å². The van der Waals surface area contributed by atoms with Gasteiger partial charge in [0.15, 0.2) is 0 Å². The van der Waals surface area contributed by atoms with Gasteiger partial charge in [0.1, 0.15) is 12.6 Å². The van der Waals surface area contributed by atoms with E-state index in [2.05, 4.69) is 9.80 Å². The maximum absolute atomic E-state index is 13.0. The average Bonchev–Trinajstić information content (AvgIpc) is 2.93. The van der Waals surface area contributed by atoms with Crippen LogP contribution in [0.15, 0.2) is 0 Å². The molecule has 1 heterocycles. The van der Waals surface area contributed by atoms with Crippen molar-refractivity contribution in [2.24, 2.45) is 0 Å². The van der Waals surface area contributed by atoms with Crippen LogP contribution in [0.3, 0.4) is 0 Å². The van der Waals surface area contributed by atoms with Crippen molar-refractivity contribution >= 4 is 15.2 Å². The van der Waals surface area contributed by atoms with Crippen molar-refractivity contribution < 1.29 is 27.2 Å². The molecule has 0 aromatic carbocycles. The van der Waals surface area contributed by atoms with Gasteiger partial charge in [0, 0.05) is 12.1 Å². The molecular formula is C17H36N2O6P2. The summed E-state index contributed by atoms with van der Waals surface area (Å²) in [5, 5.41) is 0. The van der Waals surface area contributed by atoms with Crippen molar-refractivity contribution in [3.63, 3.8) is 0 Å². The molecule has 0 amide bonds. The first kappa shape index (κ1) is 23.5. The maximum atomic E-state index is 13.0. The summed E-state index contributed by atoms with van der Waals surface area (Å²) in [5.41, 5.74) is 0. The van der Waals surface area contributed by atoms with Gasteiger partial charge in [0.25, 0.3) is 0 Å². The molecule has 2 fully saturated rings. The molecule has 0 radical (unpaired) electrons. The van der Waals surface area contributed by atoms with Crippen LogP contribution in [0.1, 0.15) is 53.4 Å². The van der Waals surface area contributed by atoms with Gasteiger partial charge in [-0.05, 0) is 40.5 Å². The first-order chi connectivity index (χ1) is 12.9. The monoisotopic (exact) mass is 426 g/mol. The Hall–Kier alpha value is 0.220. The van der Waals surface area contributed by atoms with Crippen molar-refractivity contribution in [2.45, 2.75) is 65.5 Å². The van der Waals surface area contributed by atoms with Crippen molar-refractivity contribution in [2.75, 3.05) is 45.7 Å².